The van der Waals surface area contributed by atoms with E-state index in [1.165, 1.54) is 6.21 Å². The molecule has 0 saturated heterocycles. The third-order valence-corrected chi connectivity index (χ3v) is 3.06. The molecule has 0 bridgehead atoms. The second-order valence-corrected chi connectivity index (χ2v) is 4.93. The van der Waals surface area contributed by atoms with Crippen LogP contribution >= 0.6 is 0 Å². The maximum Gasteiger partial charge on any atom is 0.277 e. The summed E-state index contributed by atoms with van der Waals surface area (Å²) >= 11 is 0. The van der Waals surface area contributed by atoms with Crippen molar-refractivity contribution >= 4 is 12.1 Å². The van der Waals surface area contributed by atoms with Gasteiger partial charge >= 0.3 is 0 Å². The van der Waals surface area contributed by atoms with Crippen LogP contribution in [0.2, 0.25) is 0 Å². The number of carbonyl (C=O) groups excluding carboxylic acids is 1. The summed E-state index contributed by atoms with van der Waals surface area (Å²) in [6.07, 6.45) is 3.20. The van der Waals surface area contributed by atoms with Crippen molar-refractivity contribution in [3.8, 4) is 17.2 Å². The minimum Gasteiger partial charge on any atom is -0.497 e. The largest absolute Gasteiger partial charge is 0.497 e. The lowest BCUT2D eigenvalue weighted by Gasteiger charge is -2.06. The third kappa shape index (κ3) is 6.39. The molecule has 0 heterocycles. The van der Waals surface area contributed by atoms with Gasteiger partial charge < -0.3 is 14.2 Å². The summed E-state index contributed by atoms with van der Waals surface area (Å²) in [4.78, 5) is 11.7. The summed E-state index contributed by atoms with van der Waals surface area (Å²) in [5, 5.41) is 3.90. The quantitative estimate of drug-likeness (QED) is 0.433. The van der Waals surface area contributed by atoms with Crippen LogP contribution in [0.25, 0.3) is 0 Å². The number of ether oxygens (including phenoxy) is 3. The number of amides is 1. The first-order valence-electron chi connectivity index (χ1n) is 7.64. The number of nitrogens with zero attached hydrogens (tertiary/aromatic N) is 1. The summed E-state index contributed by atoms with van der Waals surface area (Å²) in [7, 11) is 1.59. The molecule has 0 radical (unpaired) electrons. The first kappa shape index (κ1) is 18.1. The SMILES string of the molecule is C=CCOc1cccc(C=NNC(=O)COc2ccc(OC)cc2)c1. The topological polar surface area (TPSA) is 69.2 Å². The summed E-state index contributed by atoms with van der Waals surface area (Å²) in [5.74, 6) is 1.65. The number of rotatable bonds is 9. The highest BCUT2D eigenvalue weighted by molar-refractivity contribution is 5.83. The maximum absolute atomic E-state index is 11.7. The Kier molecular flexibility index (Phi) is 7.06. The molecule has 130 valence electrons. The Balaban J connectivity index is 1.78. The smallest absolute Gasteiger partial charge is 0.277 e. The zero-order valence-corrected chi connectivity index (χ0v) is 14.0. The van der Waals surface area contributed by atoms with E-state index >= 15 is 0 Å². The van der Waals surface area contributed by atoms with Crippen molar-refractivity contribution in [2.24, 2.45) is 5.10 Å². The number of hydrazone groups is 1. The van der Waals surface area contributed by atoms with E-state index < -0.39 is 0 Å². The fraction of sp³-hybridized carbons (Fsp3) is 0.158. The predicted octanol–water partition coefficient (Wildman–Crippen LogP) is 2.79. The van der Waals surface area contributed by atoms with E-state index in [9.17, 15) is 4.79 Å². The molecule has 25 heavy (non-hydrogen) atoms. The molecular formula is C19H20N2O4. The van der Waals surface area contributed by atoms with Crippen molar-refractivity contribution in [3.63, 3.8) is 0 Å². The van der Waals surface area contributed by atoms with Crippen LogP contribution in [0.5, 0.6) is 17.2 Å². The fourth-order valence-electron chi connectivity index (χ4n) is 1.87. The maximum atomic E-state index is 11.7. The molecule has 2 aromatic rings. The van der Waals surface area contributed by atoms with Crippen LogP contribution in [0.4, 0.5) is 0 Å². The lowest BCUT2D eigenvalue weighted by atomic mass is 10.2. The summed E-state index contributed by atoms with van der Waals surface area (Å²) in [6, 6.07) is 14.3. The van der Waals surface area contributed by atoms with Gasteiger partial charge in [0.2, 0.25) is 0 Å². The Morgan fingerprint density at radius 3 is 2.60 bits per heavy atom. The van der Waals surface area contributed by atoms with Gasteiger partial charge in [-0.25, -0.2) is 5.43 Å². The average Bonchev–Trinajstić information content (AvgIpc) is 2.65. The first-order valence-corrected chi connectivity index (χ1v) is 7.64. The van der Waals surface area contributed by atoms with Crippen LogP contribution < -0.4 is 19.6 Å². The second-order valence-electron chi connectivity index (χ2n) is 4.93. The lowest BCUT2D eigenvalue weighted by molar-refractivity contribution is -0.123. The van der Waals surface area contributed by atoms with Gasteiger partial charge in [0.05, 0.1) is 13.3 Å². The molecule has 0 saturated carbocycles. The number of hydrogen-bond acceptors (Lipinski definition) is 5. The molecule has 2 aromatic carbocycles. The second kappa shape index (κ2) is 9.77. The zero-order valence-electron chi connectivity index (χ0n) is 14.0. The van der Waals surface area contributed by atoms with Crippen LogP contribution in [-0.4, -0.2) is 32.4 Å². The molecule has 2 rings (SSSR count). The van der Waals surface area contributed by atoms with E-state index in [0.717, 1.165) is 11.3 Å². The van der Waals surface area contributed by atoms with Crippen LogP contribution in [0, 0.1) is 0 Å². The molecule has 1 amide bonds. The van der Waals surface area contributed by atoms with Crippen molar-refractivity contribution < 1.29 is 19.0 Å². The van der Waals surface area contributed by atoms with Gasteiger partial charge in [-0.1, -0.05) is 24.8 Å². The molecule has 0 atom stereocenters. The summed E-state index contributed by atoms with van der Waals surface area (Å²) in [5.41, 5.74) is 3.21. The van der Waals surface area contributed by atoms with Crippen LogP contribution in [0.1, 0.15) is 5.56 Å². The molecule has 6 nitrogen and oxygen atoms in total. The van der Waals surface area contributed by atoms with Crippen molar-refractivity contribution in [2.75, 3.05) is 20.3 Å². The van der Waals surface area contributed by atoms with Crippen molar-refractivity contribution in [2.45, 2.75) is 0 Å². The number of nitrogens with one attached hydrogen (secondary N) is 1. The molecule has 0 aliphatic rings. The van der Waals surface area contributed by atoms with E-state index in [-0.39, 0.29) is 12.5 Å². The van der Waals surface area contributed by atoms with E-state index in [4.69, 9.17) is 14.2 Å². The molecule has 0 spiro atoms. The molecule has 6 heteroatoms. The van der Waals surface area contributed by atoms with Gasteiger partial charge in [0.1, 0.15) is 23.9 Å². The number of hydrogen-bond donors (Lipinski definition) is 1. The van der Waals surface area contributed by atoms with E-state index in [1.807, 2.05) is 24.3 Å². The Morgan fingerprint density at radius 1 is 1.12 bits per heavy atom. The molecule has 0 aliphatic carbocycles. The molecular weight excluding hydrogens is 320 g/mol. The molecule has 0 fully saturated rings. The standard InChI is InChI=1S/C19H20N2O4/c1-3-11-24-18-6-4-5-15(12-18)13-20-21-19(22)14-25-17-9-7-16(23-2)8-10-17/h3-10,12-13H,1,11,14H2,2H3,(H,21,22). The Morgan fingerprint density at radius 2 is 1.88 bits per heavy atom. The monoisotopic (exact) mass is 340 g/mol. The lowest BCUT2D eigenvalue weighted by Crippen LogP contribution is -2.24. The Bertz CT molecular complexity index is 726. The summed E-state index contributed by atoms with van der Waals surface area (Å²) in [6.45, 7) is 3.90. The highest BCUT2D eigenvalue weighted by Crippen LogP contribution is 2.16. The van der Waals surface area contributed by atoms with Crippen molar-refractivity contribution in [1.82, 2.24) is 5.43 Å². The fourth-order valence-corrected chi connectivity index (χ4v) is 1.87. The van der Waals surface area contributed by atoms with E-state index in [1.54, 1.807) is 37.5 Å². The third-order valence-electron chi connectivity index (χ3n) is 3.06. The minimum atomic E-state index is -0.355. The summed E-state index contributed by atoms with van der Waals surface area (Å²) < 4.78 is 15.8. The van der Waals surface area contributed by atoms with Gasteiger partial charge in [-0.3, -0.25) is 4.79 Å². The minimum absolute atomic E-state index is 0.133. The number of benzene rings is 2. The van der Waals surface area contributed by atoms with Gasteiger partial charge in [0, 0.05) is 0 Å². The Labute approximate surface area is 146 Å². The Hall–Kier alpha value is -3.28. The molecule has 1 N–H and O–H groups in total. The zero-order chi connectivity index (χ0) is 17.9. The van der Waals surface area contributed by atoms with E-state index in [0.29, 0.717) is 18.1 Å². The van der Waals surface area contributed by atoms with Crippen LogP contribution in [-0.2, 0) is 4.79 Å². The highest BCUT2D eigenvalue weighted by atomic mass is 16.5. The highest BCUT2D eigenvalue weighted by Gasteiger charge is 2.02. The average molecular weight is 340 g/mol. The van der Waals surface area contributed by atoms with Gasteiger partial charge in [-0.15, -0.1) is 0 Å². The van der Waals surface area contributed by atoms with Gasteiger partial charge in [-0.2, -0.15) is 5.10 Å². The normalized spacial score (nSPS) is 10.3. The van der Waals surface area contributed by atoms with Crippen LogP contribution in [0.3, 0.4) is 0 Å². The van der Waals surface area contributed by atoms with Crippen molar-refractivity contribution in [3.05, 3.63) is 66.7 Å². The molecule has 0 unspecified atom stereocenters. The molecule has 0 aliphatic heterocycles. The van der Waals surface area contributed by atoms with E-state index in [2.05, 4.69) is 17.1 Å². The number of methoxy groups -OCH3 is 1. The van der Waals surface area contributed by atoms with Crippen LogP contribution in [0.15, 0.2) is 66.3 Å². The van der Waals surface area contributed by atoms with Gasteiger partial charge in [0.15, 0.2) is 6.61 Å². The first-order chi connectivity index (χ1) is 12.2. The van der Waals surface area contributed by atoms with Crippen molar-refractivity contribution in [1.29, 1.82) is 0 Å². The molecule has 0 aromatic heterocycles. The predicted molar refractivity (Wildman–Crippen MR) is 96.4 cm³/mol. The van der Waals surface area contributed by atoms with Gasteiger partial charge in [0.25, 0.3) is 5.91 Å². The van der Waals surface area contributed by atoms with Gasteiger partial charge in [-0.05, 0) is 42.0 Å². The number of carbonyl (C=O) groups is 1.